The SMILES string of the molecule is CC.CCCCCCN.CS/C=C/CNO.O.O.[HH].[HH].[U]. The summed E-state index contributed by atoms with van der Waals surface area (Å²) < 4.78 is 0. The molecule has 0 unspecified atom stereocenters. The molecule has 19 heavy (non-hydrogen) atoms. The van der Waals surface area contributed by atoms with Crippen molar-refractivity contribution in [1.29, 1.82) is 0 Å². The first-order valence-corrected chi connectivity index (χ1v) is 7.37. The quantitative estimate of drug-likeness (QED) is 0.347. The minimum absolute atomic E-state index is 0. The first-order valence-electron chi connectivity index (χ1n) is 6.08. The van der Waals surface area contributed by atoms with E-state index in [1.165, 1.54) is 25.7 Å². The Bertz CT molecular complexity index is 129. The van der Waals surface area contributed by atoms with Crippen molar-refractivity contribution >= 4 is 11.8 Å². The normalized spacial score (nSPS) is 7.68. The van der Waals surface area contributed by atoms with Crippen LogP contribution in [0.15, 0.2) is 11.5 Å². The summed E-state index contributed by atoms with van der Waals surface area (Å²) >= 11 is 1.61. The zero-order valence-electron chi connectivity index (χ0n) is 12.8. The summed E-state index contributed by atoms with van der Waals surface area (Å²) in [7, 11) is 0. The zero-order chi connectivity index (χ0) is 13.1. The van der Waals surface area contributed by atoms with Crippen LogP contribution in [0.5, 0.6) is 0 Å². The Labute approximate surface area is 150 Å². The van der Waals surface area contributed by atoms with Crippen LogP contribution in [-0.2, 0) is 0 Å². The van der Waals surface area contributed by atoms with Gasteiger partial charge in [0.15, 0.2) is 0 Å². The number of hydrogen-bond donors (Lipinski definition) is 3. The first-order chi connectivity index (χ1) is 7.83. The molecule has 0 aromatic rings. The van der Waals surface area contributed by atoms with E-state index in [2.05, 4.69) is 6.92 Å². The molecule has 0 saturated heterocycles. The fraction of sp³-hybridized carbons (Fsp3) is 0.833. The fourth-order valence-corrected chi connectivity index (χ4v) is 1.06. The van der Waals surface area contributed by atoms with E-state index in [0.29, 0.717) is 6.54 Å². The summed E-state index contributed by atoms with van der Waals surface area (Å²) in [6, 6.07) is 0. The first kappa shape index (κ1) is 36.8. The minimum Gasteiger partial charge on any atom is -0.412 e. The molecule has 124 valence electrons. The maximum Gasteiger partial charge on any atom is 0.0396 e. The predicted molar refractivity (Wildman–Crippen MR) is 88.4 cm³/mol. The molecule has 0 aliphatic carbocycles. The predicted octanol–water partition coefficient (Wildman–Crippen LogP) is 2.24. The molecule has 0 atom stereocenters. The van der Waals surface area contributed by atoms with Crippen molar-refractivity contribution < 1.29 is 50.1 Å². The molecule has 8 N–H and O–H groups in total. The third-order valence-corrected chi connectivity index (χ3v) is 1.96. The number of rotatable bonds is 7. The second-order valence-corrected chi connectivity index (χ2v) is 3.56. The molecular formula is C12H38N2O3SU. The van der Waals surface area contributed by atoms with Crippen LogP contribution in [0.4, 0.5) is 0 Å². The van der Waals surface area contributed by atoms with Crippen molar-refractivity contribution in [3.63, 3.8) is 0 Å². The van der Waals surface area contributed by atoms with Gasteiger partial charge < -0.3 is 21.9 Å². The molecule has 0 radical (unpaired) electrons. The van der Waals surface area contributed by atoms with Gasteiger partial charge in [-0.15, -0.1) is 11.8 Å². The largest absolute Gasteiger partial charge is 0.412 e. The molecule has 0 spiro atoms. The third kappa shape index (κ3) is 68.0. The van der Waals surface area contributed by atoms with Gasteiger partial charge in [0.05, 0.1) is 0 Å². The van der Waals surface area contributed by atoms with Crippen LogP contribution in [0.1, 0.15) is 49.3 Å². The number of unbranched alkanes of at least 4 members (excludes halogenated alkanes) is 3. The monoisotopic (exact) mass is 528 g/mol. The van der Waals surface area contributed by atoms with E-state index in [-0.39, 0.29) is 44.9 Å². The van der Waals surface area contributed by atoms with Crippen LogP contribution >= 0.6 is 11.8 Å². The van der Waals surface area contributed by atoms with E-state index in [1.807, 2.05) is 37.1 Å². The van der Waals surface area contributed by atoms with Gasteiger partial charge in [-0.1, -0.05) is 46.1 Å². The molecule has 0 saturated carbocycles. The average Bonchev–Trinajstić information content (AvgIpc) is 2.34. The number of nitrogens with two attached hydrogens (primary N) is 1. The number of hydroxylamine groups is 1. The van der Waals surface area contributed by atoms with Gasteiger partial charge in [0.1, 0.15) is 0 Å². The van der Waals surface area contributed by atoms with E-state index in [9.17, 15) is 0 Å². The molecule has 7 heteroatoms. The van der Waals surface area contributed by atoms with Crippen LogP contribution < -0.4 is 11.2 Å². The van der Waals surface area contributed by atoms with E-state index in [4.69, 9.17) is 10.9 Å². The third-order valence-electron chi connectivity index (χ3n) is 1.50. The van der Waals surface area contributed by atoms with E-state index >= 15 is 0 Å². The topological polar surface area (TPSA) is 121 Å². The van der Waals surface area contributed by atoms with E-state index < -0.39 is 0 Å². The van der Waals surface area contributed by atoms with Gasteiger partial charge >= 0.3 is 0 Å². The minimum atomic E-state index is 0. The molecule has 0 bridgehead atoms. The maximum atomic E-state index is 7.98. The molecule has 0 aliphatic rings. The Balaban J connectivity index is -0.0000000197. The van der Waals surface area contributed by atoms with Gasteiger partial charge in [-0.05, 0) is 24.6 Å². The Hall–Kier alpha value is 0.942. The Kier molecular flexibility index (Phi) is 98.7. The Morgan fingerprint density at radius 1 is 1.21 bits per heavy atom. The number of hydrogen-bond acceptors (Lipinski definition) is 4. The molecule has 0 amide bonds. The fourth-order valence-electron chi connectivity index (χ4n) is 0.768. The van der Waals surface area contributed by atoms with Crippen molar-refractivity contribution in [1.82, 2.24) is 5.48 Å². The summed E-state index contributed by atoms with van der Waals surface area (Å²) in [6.45, 7) is 7.59. The summed E-state index contributed by atoms with van der Waals surface area (Å²) in [5.41, 5.74) is 7.27. The number of thioether (sulfide) groups is 1. The maximum absolute atomic E-state index is 7.98. The van der Waals surface area contributed by atoms with Crippen molar-refractivity contribution in [3.05, 3.63) is 11.5 Å². The number of nitrogens with one attached hydrogen (secondary N) is 1. The summed E-state index contributed by atoms with van der Waals surface area (Å²) in [5.74, 6) is 0. The second kappa shape index (κ2) is 50.9. The standard InChI is InChI=1S/C6H15N.C4H9NOS.C2H6.2H2O.U.2H2/c1-2-3-4-5-6-7;1-7-4-2-3-5-6;1-2;;;;;/h2-7H2,1H3;2,4-6H,3H2,1H3;1-2H3;2*1H2;;2*1H/b;4-2+;;;;;;. The smallest absolute Gasteiger partial charge is 0.0396 e. The van der Waals surface area contributed by atoms with Gasteiger partial charge in [0.2, 0.25) is 0 Å². The van der Waals surface area contributed by atoms with Crippen molar-refractivity contribution in [2.75, 3.05) is 19.3 Å². The van der Waals surface area contributed by atoms with Gasteiger partial charge in [0, 0.05) is 40.5 Å². The van der Waals surface area contributed by atoms with Gasteiger partial charge in [-0.3, -0.25) is 0 Å². The van der Waals surface area contributed by atoms with Crippen molar-refractivity contribution in [2.45, 2.75) is 46.5 Å². The van der Waals surface area contributed by atoms with Crippen LogP contribution in [0, 0.1) is 31.1 Å². The molecule has 0 aromatic carbocycles. The summed E-state index contributed by atoms with van der Waals surface area (Å²) in [5, 5.41) is 9.89. The summed E-state index contributed by atoms with van der Waals surface area (Å²) in [6.07, 6.45) is 8.97. The van der Waals surface area contributed by atoms with Crippen LogP contribution in [0.3, 0.4) is 0 Å². The van der Waals surface area contributed by atoms with Crippen LogP contribution in [-0.4, -0.2) is 35.5 Å². The van der Waals surface area contributed by atoms with E-state index in [1.54, 1.807) is 11.8 Å². The Morgan fingerprint density at radius 3 is 2.05 bits per heavy atom. The zero-order valence-corrected chi connectivity index (χ0v) is 17.8. The molecule has 0 fully saturated rings. The van der Waals surface area contributed by atoms with Crippen LogP contribution in [0.2, 0.25) is 0 Å². The van der Waals surface area contributed by atoms with Crippen molar-refractivity contribution in [3.8, 4) is 0 Å². The van der Waals surface area contributed by atoms with Crippen LogP contribution in [0.25, 0.3) is 0 Å². The molecule has 5 nitrogen and oxygen atoms in total. The summed E-state index contributed by atoms with van der Waals surface area (Å²) in [4.78, 5) is 0. The molecule has 0 aliphatic heterocycles. The van der Waals surface area contributed by atoms with Gasteiger partial charge in [-0.25, -0.2) is 5.48 Å². The Morgan fingerprint density at radius 2 is 1.74 bits per heavy atom. The molecule has 0 heterocycles. The molecule has 0 aromatic heterocycles. The second-order valence-electron chi connectivity index (χ2n) is 2.82. The van der Waals surface area contributed by atoms with Crippen molar-refractivity contribution in [2.24, 2.45) is 5.73 Å². The van der Waals surface area contributed by atoms with E-state index in [0.717, 1.165) is 6.54 Å². The average molecular weight is 529 g/mol. The molecule has 0 rings (SSSR count). The molecular weight excluding hydrogens is 490 g/mol. The van der Waals surface area contributed by atoms with Gasteiger partial charge in [0.25, 0.3) is 0 Å². The van der Waals surface area contributed by atoms with Gasteiger partial charge in [-0.2, -0.15) is 0 Å².